The molecule has 29 heavy (non-hydrogen) atoms. The second-order valence-corrected chi connectivity index (χ2v) is 9.80. The molecule has 1 aromatic rings. The van der Waals surface area contributed by atoms with E-state index in [2.05, 4.69) is 16.2 Å². The summed E-state index contributed by atoms with van der Waals surface area (Å²) in [6, 6.07) is 6.82. The molecule has 0 aromatic heterocycles. The quantitative estimate of drug-likeness (QED) is 0.465. The topological polar surface area (TPSA) is 99.8 Å². The summed E-state index contributed by atoms with van der Waals surface area (Å²) in [5.41, 5.74) is 6.34. The van der Waals surface area contributed by atoms with Gasteiger partial charge in [-0.3, -0.25) is 15.6 Å². The molecule has 8 nitrogen and oxygen atoms in total. The molecule has 2 saturated heterocycles. The third kappa shape index (κ3) is 5.88. The van der Waals surface area contributed by atoms with E-state index in [0.29, 0.717) is 37.6 Å². The molecule has 1 aromatic carbocycles. The molecule has 0 bridgehead atoms. The van der Waals surface area contributed by atoms with Gasteiger partial charge in [-0.15, -0.1) is 0 Å². The molecule has 2 aliphatic rings. The molecule has 2 aliphatic heterocycles. The van der Waals surface area contributed by atoms with Crippen LogP contribution in [0.5, 0.6) is 0 Å². The molecular formula is C19H28N4O4S2. The van der Waals surface area contributed by atoms with Crippen LogP contribution in [0.25, 0.3) is 0 Å². The van der Waals surface area contributed by atoms with E-state index in [4.69, 9.17) is 17.0 Å². The zero-order chi connectivity index (χ0) is 20.9. The van der Waals surface area contributed by atoms with Crippen molar-refractivity contribution >= 4 is 33.3 Å². The molecule has 3 N–H and O–H groups in total. The Balaban J connectivity index is 1.42. The van der Waals surface area contributed by atoms with Crippen molar-refractivity contribution in [3.8, 4) is 0 Å². The molecule has 10 heteroatoms. The average Bonchev–Trinajstić information content (AvgIpc) is 3.24. The molecule has 160 valence electrons. The van der Waals surface area contributed by atoms with E-state index in [-0.39, 0.29) is 22.8 Å². The summed E-state index contributed by atoms with van der Waals surface area (Å²) in [7, 11) is -3.53. The van der Waals surface area contributed by atoms with Crippen LogP contribution < -0.4 is 16.2 Å². The van der Waals surface area contributed by atoms with Crippen molar-refractivity contribution in [2.45, 2.75) is 43.6 Å². The summed E-state index contributed by atoms with van der Waals surface area (Å²) < 4.78 is 32.5. The predicted molar refractivity (Wildman–Crippen MR) is 114 cm³/mol. The van der Waals surface area contributed by atoms with Crippen molar-refractivity contribution < 1.29 is 17.9 Å². The number of sulfonamides is 1. The van der Waals surface area contributed by atoms with Gasteiger partial charge in [0, 0.05) is 32.2 Å². The van der Waals surface area contributed by atoms with Gasteiger partial charge in [-0.2, -0.15) is 4.31 Å². The van der Waals surface area contributed by atoms with Crippen LogP contribution in [0, 0.1) is 12.8 Å². The highest BCUT2D eigenvalue weighted by Gasteiger charge is 2.32. The summed E-state index contributed by atoms with van der Waals surface area (Å²) in [6.45, 7) is 3.93. The number of hydrogen-bond donors (Lipinski definition) is 3. The molecule has 0 saturated carbocycles. The Bertz CT molecular complexity index is 815. The Hall–Kier alpha value is -1.75. The highest BCUT2D eigenvalue weighted by atomic mass is 32.2. The maximum Gasteiger partial charge on any atom is 0.243 e. The Kier molecular flexibility index (Phi) is 7.44. The van der Waals surface area contributed by atoms with Gasteiger partial charge in [-0.05, 0) is 57.0 Å². The highest BCUT2D eigenvalue weighted by molar-refractivity contribution is 7.89. The van der Waals surface area contributed by atoms with Gasteiger partial charge in [0.05, 0.1) is 11.0 Å². The number of carbonyl (C=O) groups excluding carboxylic acids is 1. The lowest BCUT2D eigenvalue weighted by Gasteiger charge is -2.30. The first-order valence-electron chi connectivity index (χ1n) is 9.88. The first-order valence-corrected chi connectivity index (χ1v) is 11.7. The molecule has 2 fully saturated rings. The average molecular weight is 441 g/mol. The molecule has 0 aliphatic carbocycles. The first-order chi connectivity index (χ1) is 13.9. The van der Waals surface area contributed by atoms with E-state index < -0.39 is 10.0 Å². The maximum atomic E-state index is 12.7. The van der Waals surface area contributed by atoms with Gasteiger partial charge in [-0.25, -0.2) is 8.42 Å². The van der Waals surface area contributed by atoms with Gasteiger partial charge in [0.25, 0.3) is 0 Å². The molecule has 1 amide bonds. The van der Waals surface area contributed by atoms with Gasteiger partial charge < -0.3 is 10.1 Å². The van der Waals surface area contributed by atoms with Crippen LogP contribution in [0.3, 0.4) is 0 Å². The van der Waals surface area contributed by atoms with Crippen molar-refractivity contribution in [1.82, 2.24) is 20.5 Å². The SMILES string of the molecule is Cc1ccc(S(=O)(=O)N2CCC(C(=O)NNC(=S)NCC3CCCO3)CC2)cc1. The van der Waals surface area contributed by atoms with Gasteiger partial charge in [0.1, 0.15) is 0 Å². The van der Waals surface area contributed by atoms with Crippen molar-refractivity contribution in [1.29, 1.82) is 0 Å². The smallest absolute Gasteiger partial charge is 0.243 e. The monoisotopic (exact) mass is 440 g/mol. The lowest BCUT2D eigenvalue weighted by atomic mass is 9.98. The van der Waals surface area contributed by atoms with Crippen LogP contribution in [-0.4, -0.2) is 56.1 Å². The van der Waals surface area contributed by atoms with E-state index in [0.717, 1.165) is 25.0 Å². The Morgan fingerprint density at radius 1 is 1.17 bits per heavy atom. The Morgan fingerprint density at radius 2 is 1.86 bits per heavy atom. The van der Waals surface area contributed by atoms with Crippen LogP contribution in [-0.2, 0) is 19.6 Å². The van der Waals surface area contributed by atoms with Crippen molar-refractivity contribution in [3.63, 3.8) is 0 Å². The van der Waals surface area contributed by atoms with Gasteiger partial charge >= 0.3 is 0 Å². The van der Waals surface area contributed by atoms with Crippen LogP contribution in [0.2, 0.25) is 0 Å². The lowest BCUT2D eigenvalue weighted by Crippen LogP contribution is -2.51. The fourth-order valence-electron chi connectivity index (χ4n) is 3.49. The van der Waals surface area contributed by atoms with Gasteiger partial charge in [-0.1, -0.05) is 17.7 Å². The molecule has 3 rings (SSSR count). The van der Waals surface area contributed by atoms with E-state index in [1.807, 2.05) is 6.92 Å². The van der Waals surface area contributed by atoms with Crippen LogP contribution in [0.15, 0.2) is 29.2 Å². The summed E-state index contributed by atoms with van der Waals surface area (Å²) in [6.07, 6.45) is 3.15. The number of carbonyl (C=O) groups is 1. The van der Waals surface area contributed by atoms with Gasteiger partial charge in [0.15, 0.2) is 5.11 Å². The fourth-order valence-corrected chi connectivity index (χ4v) is 5.10. The summed E-state index contributed by atoms with van der Waals surface area (Å²) in [4.78, 5) is 12.7. The highest BCUT2D eigenvalue weighted by Crippen LogP contribution is 2.24. The van der Waals surface area contributed by atoms with Crippen LogP contribution in [0.4, 0.5) is 0 Å². The van der Waals surface area contributed by atoms with E-state index in [1.165, 1.54) is 4.31 Å². The zero-order valence-electron chi connectivity index (χ0n) is 16.5. The van der Waals surface area contributed by atoms with Crippen LogP contribution >= 0.6 is 12.2 Å². The Morgan fingerprint density at radius 3 is 2.48 bits per heavy atom. The third-order valence-corrected chi connectivity index (χ3v) is 7.46. The number of amides is 1. The molecular weight excluding hydrogens is 412 g/mol. The number of hydrogen-bond acceptors (Lipinski definition) is 5. The standard InChI is InChI=1S/C19H28N4O4S2/c1-14-4-6-17(7-5-14)29(25,26)23-10-8-15(9-11-23)18(24)21-22-19(28)20-13-16-3-2-12-27-16/h4-7,15-16H,2-3,8-13H2,1H3,(H,21,24)(H2,20,22,28). The predicted octanol–water partition coefficient (Wildman–Crippen LogP) is 1.07. The minimum atomic E-state index is -3.53. The van der Waals surface area contributed by atoms with E-state index in [1.54, 1.807) is 24.3 Å². The van der Waals surface area contributed by atoms with E-state index >= 15 is 0 Å². The zero-order valence-corrected chi connectivity index (χ0v) is 18.2. The van der Waals surface area contributed by atoms with Crippen LogP contribution in [0.1, 0.15) is 31.2 Å². The number of thiocarbonyl (C=S) groups is 1. The second kappa shape index (κ2) is 9.84. The molecule has 1 unspecified atom stereocenters. The third-order valence-electron chi connectivity index (χ3n) is 5.30. The summed E-state index contributed by atoms with van der Waals surface area (Å²) >= 11 is 5.16. The number of aryl methyl sites for hydroxylation is 1. The maximum absolute atomic E-state index is 12.7. The number of hydrazine groups is 1. The van der Waals surface area contributed by atoms with E-state index in [9.17, 15) is 13.2 Å². The number of benzene rings is 1. The minimum Gasteiger partial charge on any atom is -0.376 e. The van der Waals surface area contributed by atoms with Crippen molar-refractivity contribution in [2.75, 3.05) is 26.2 Å². The number of nitrogens with zero attached hydrogens (tertiary/aromatic N) is 1. The van der Waals surface area contributed by atoms with Crippen molar-refractivity contribution in [2.24, 2.45) is 5.92 Å². The molecule has 0 spiro atoms. The van der Waals surface area contributed by atoms with Gasteiger partial charge in [0.2, 0.25) is 15.9 Å². The molecule has 1 atom stereocenters. The normalized spacial score (nSPS) is 20.9. The molecule has 0 radical (unpaired) electrons. The fraction of sp³-hybridized carbons (Fsp3) is 0.579. The Labute approximate surface area is 177 Å². The first kappa shape index (κ1) is 21.9. The summed E-state index contributed by atoms with van der Waals surface area (Å²) in [5, 5.41) is 3.37. The number of ether oxygens (including phenoxy) is 1. The van der Waals surface area contributed by atoms with Crippen molar-refractivity contribution in [3.05, 3.63) is 29.8 Å². The number of rotatable bonds is 5. The minimum absolute atomic E-state index is 0.158. The molecule has 2 heterocycles. The lowest BCUT2D eigenvalue weighted by molar-refractivity contribution is -0.126. The summed E-state index contributed by atoms with van der Waals surface area (Å²) in [5.74, 6) is -0.438. The second-order valence-electron chi connectivity index (χ2n) is 7.45. The largest absolute Gasteiger partial charge is 0.376 e. The number of nitrogens with one attached hydrogen (secondary N) is 3. The number of piperidine rings is 1.